The zero-order valence-corrected chi connectivity index (χ0v) is 10.8. The molecule has 2 rings (SSSR count). The van der Waals surface area contributed by atoms with Gasteiger partial charge in [-0.25, -0.2) is 0 Å². The second kappa shape index (κ2) is 6.48. The second-order valence-electron chi connectivity index (χ2n) is 4.01. The number of rotatable bonds is 4. The third-order valence-electron chi connectivity index (χ3n) is 2.74. The highest BCUT2D eigenvalue weighted by molar-refractivity contribution is 5.97. The lowest BCUT2D eigenvalue weighted by atomic mass is 10.0. The first kappa shape index (κ1) is 14.5. The Balaban J connectivity index is 2.54. The molecule has 1 heterocycles. The molecule has 0 fully saturated rings. The molecular formula is C15H11F2N3O. The summed E-state index contributed by atoms with van der Waals surface area (Å²) < 4.78 is 29.3. The summed E-state index contributed by atoms with van der Waals surface area (Å²) >= 11 is 0. The average molecular weight is 287 g/mol. The smallest absolute Gasteiger partial charge is 0.387 e. The van der Waals surface area contributed by atoms with Gasteiger partial charge in [-0.15, -0.1) is 0 Å². The van der Waals surface area contributed by atoms with E-state index >= 15 is 0 Å². The van der Waals surface area contributed by atoms with Crippen molar-refractivity contribution >= 4 is 11.3 Å². The first-order valence-electron chi connectivity index (χ1n) is 5.98. The minimum Gasteiger partial charge on any atom is -0.434 e. The van der Waals surface area contributed by atoms with Gasteiger partial charge < -0.3 is 10.5 Å². The van der Waals surface area contributed by atoms with Crippen LogP contribution in [0.1, 0.15) is 11.1 Å². The molecule has 0 radical (unpaired) electrons. The van der Waals surface area contributed by atoms with Gasteiger partial charge in [0.1, 0.15) is 11.8 Å². The van der Waals surface area contributed by atoms with Crippen LogP contribution in [0, 0.1) is 11.3 Å². The van der Waals surface area contributed by atoms with Crippen molar-refractivity contribution in [3.05, 3.63) is 59.9 Å². The molecule has 0 aliphatic carbocycles. The molecule has 0 aliphatic heterocycles. The van der Waals surface area contributed by atoms with Crippen LogP contribution in [-0.2, 0) is 0 Å². The number of ether oxygens (including phenoxy) is 1. The molecule has 0 bridgehead atoms. The van der Waals surface area contributed by atoms with E-state index < -0.39 is 6.61 Å². The number of hydrogen-bond acceptors (Lipinski definition) is 4. The Morgan fingerprint density at radius 1 is 1.19 bits per heavy atom. The number of hydrogen-bond donors (Lipinski definition) is 1. The number of nitrogens with zero attached hydrogens (tertiary/aromatic N) is 2. The Morgan fingerprint density at radius 2 is 1.86 bits per heavy atom. The van der Waals surface area contributed by atoms with Crippen molar-refractivity contribution in [3.8, 4) is 11.8 Å². The second-order valence-corrected chi connectivity index (χ2v) is 4.01. The van der Waals surface area contributed by atoms with Crippen LogP contribution in [0.5, 0.6) is 5.75 Å². The largest absolute Gasteiger partial charge is 0.434 e. The molecule has 2 aromatic rings. The van der Waals surface area contributed by atoms with Crippen molar-refractivity contribution < 1.29 is 13.5 Å². The van der Waals surface area contributed by atoms with Crippen molar-refractivity contribution in [2.24, 2.45) is 5.73 Å². The van der Waals surface area contributed by atoms with Gasteiger partial charge in [-0.3, -0.25) is 4.98 Å². The van der Waals surface area contributed by atoms with Crippen LogP contribution >= 0.6 is 0 Å². The fourth-order valence-electron chi connectivity index (χ4n) is 1.82. The molecule has 0 atom stereocenters. The Hall–Kier alpha value is -2.94. The van der Waals surface area contributed by atoms with Crippen LogP contribution in [0.15, 0.2) is 48.8 Å². The molecule has 0 saturated carbocycles. The fraction of sp³-hybridized carbons (Fsp3) is 0.0667. The van der Waals surface area contributed by atoms with E-state index in [4.69, 9.17) is 5.73 Å². The number of halogens is 2. The van der Waals surface area contributed by atoms with Gasteiger partial charge in [0.25, 0.3) is 0 Å². The molecule has 106 valence electrons. The van der Waals surface area contributed by atoms with Gasteiger partial charge in [-0.05, 0) is 29.8 Å². The summed E-state index contributed by atoms with van der Waals surface area (Å²) in [7, 11) is 0. The first-order chi connectivity index (χ1) is 10.1. The van der Waals surface area contributed by atoms with Crippen LogP contribution in [0.3, 0.4) is 0 Å². The number of nitrogens with two attached hydrogens (primary N) is 1. The third kappa shape index (κ3) is 3.34. The number of benzene rings is 1. The SMILES string of the molecule is N#C/C(=C(/N)c1ccccc1OC(F)F)c1ccncc1. The predicted octanol–water partition coefficient (Wildman–Crippen LogP) is 3.03. The maximum absolute atomic E-state index is 12.4. The van der Waals surface area contributed by atoms with Crippen molar-refractivity contribution in [1.82, 2.24) is 4.98 Å². The Labute approximate surface area is 120 Å². The lowest BCUT2D eigenvalue weighted by Crippen LogP contribution is -2.07. The number of alkyl halides is 2. The van der Waals surface area contributed by atoms with Gasteiger partial charge in [-0.1, -0.05) is 12.1 Å². The van der Waals surface area contributed by atoms with E-state index in [0.717, 1.165) is 0 Å². The monoisotopic (exact) mass is 287 g/mol. The zero-order valence-electron chi connectivity index (χ0n) is 10.8. The third-order valence-corrected chi connectivity index (χ3v) is 2.74. The van der Waals surface area contributed by atoms with E-state index in [2.05, 4.69) is 9.72 Å². The summed E-state index contributed by atoms with van der Waals surface area (Å²) in [5, 5.41) is 9.29. The molecule has 6 heteroatoms. The van der Waals surface area contributed by atoms with E-state index in [1.807, 2.05) is 6.07 Å². The molecule has 0 saturated heterocycles. The molecule has 1 aromatic heterocycles. The van der Waals surface area contributed by atoms with Gasteiger partial charge in [0, 0.05) is 18.0 Å². The van der Waals surface area contributed by atoms with E-state index in [0.29, 0.717) is 5.56 Å². The van der Waals surface area contributed by atoms with Crippen LogP contribution < -0.4 is 10.5 Å². The molecule has 0 spiro atoms. The predicted molar refractivity (Wildman–Crippen MR) is 73.9 cm³/mol. The van der Waals surface area contributed by atoms with E-state index in [9.17, 15) is 14.0 Å². The summed E-state index contributed by atoms with van der Waals surface area (Å²) in [4.78, 5) is 3.85. The molecule has 1 aromatic carbocycles. The standard InChI is InChI=1S/C15H11F2N3O/c16-15(17)21-13-4-2-1-3-11(13)14(19)12(9-18)10-5-7-20-8-6-10/h1-8,15H,19H2/b14-12-. The van der Waals surface area contributed by atoms with Gasteiger partial charge in [0.2, 0.25) is 0 Å². The topological polar surface area (TPSA) is 71.9 Å². The van der Waals surface area contributed by atoms with Gasteiger partial charge in [0.05, 0.1) is 11.3 Å². The fourth-order valence-corrected chi connectivity index (χ4v) is 1.82. The highest BCUT2D eigenvalue weighted by Crippen LogP contribution is 2.29. The van der Waals surface area contributed by atoms with Gasteiger partial charge in [0.15, 0.2) is 0 Å². The lowest BCUT2D eigenvalue weighted by Gasteiger charge is -2.12. The molecule has 0 amide bonds. The van der Waals surface area contributed by atoms with E-state index in [1.165, 1.54) is 24.5 Å². The Kier molecular flexibility index (Phi) is 4.46. The summed E-state index contributed by atoms with van der Waals surface area (Å²) in [5.74, 6) is -0.0770. The van der Waals surface area contributed by atoms with Crippen molar-refractivity contribution in [2.75, 3.05) is 0 Å². The average Bonchev–Trinajstić information content (AvgIpc) is 2.49. The van der Waals surface area contributed by atoms with Crippen molar-refractivity contribution in [1.29, 1.82) is 5.26 Å². The van der Waals surface area contributed by atoms with Crippen molar-refractivity contribution in [3.63, 3.8) is 0 Å². The molecular weight excluding hydrogens is 276 g/mol. The van der Waals surface area contributed by atoms with E-state index in [-0.39, 0.29) is 22.6 Å². The number of aromatic nitrogens is 1. The lowest BCUT2D eigenvalue weighted by molar-refractivity contribution is -0.0500. The Morgan fingerprint density at radius 3 is 2.48 bits per heavy atom. The quantitative estimate of drug-likeness (QED) is 0.877. The number of allylic oxidation sites excluding steroid dienone is 1. The summed E-state index contributed by atoms with van der Waals surface area (Å²) in [6.45, 7) is -2.97. The molecule has 21 heavy (non-hydrogen) atoms. The zero-order chi connectivity index (χ0) is 15.2. The summed E-state index contributed by atoms with van der Waals surface area (Å²) in [6.07, 6.45) is 3.03. The summed E-state index contributed by atoms with van der Waals surface area (Å²) in [6, 6.07) is 11.3. The van der Waals surface area contributed by atoms with Crippen LogP contribution in [0.2, 0.25) is 0 Å². The van der Waals surface area contributed by atoms with Gasteiger partial charge >= 0.3 is 6.61 Å². The number of para-hydroxylation sites is 1. The van der Waals surface area contributed by atoms with Gasteiger partial charge in [-0.2, -0.15) is 14.0 Å². The van der Waals surface area contributed by atoms with Crippen LogP contribution in [-0.4, -0.2) is 11.6 Å². The number of nitriles is 1. The maximum Gasteiger partial charge on any atom is 0.387 e. The molecule has 0 unspecified atom stereocenters. The highest BCUT2D eigenvalue weighted by atomic mass is 19.3. The molecule has 2 N–H and O–H groups in total. The molecule has 4 nitrogen and oxygen atoms in total. The van der Waals surface area contributed by atoms with E-state index in [1.54, 1.807) is 24.3 Å². The minimum atomic E-state index is -2.97. The Bertz CT molecular complexity index is 694. The van der Waals surface area contributed by atoms with Crippen LogP contribution in [0.4, 0.5) is 8.78 Å². The minimum absolute atomic E-state index is 0.0694. The normalized spacial score (nSPS) is 11.7. The van der Waals surface area contributed by atoms with Crippen LogP contribution in [0.25, 0.3) is 11.3 Å². The number of pyridine rings is 1. The summed E-state index contributed by atoms with van der Waals surface area (Å²) in [5.41, 5.74) is 7.00. The first-order valence-corrected chi connectivity index (χ1v) is 5.98. The highest BCUT2D eigenvalue weighted by Gasteiger charge is 2.15. The maximum atomic E-state index is 12.4. The van der Waals surface area contributed by atoms with Crippen molar-refractivity contribution in [2.45, 2.75) is 6.61 Å². The molecule has 0 aliphatic rings.